The number of ether oxygens (including phenoxy) is 1. The average Bonchev–Trinajstić information content (AvgIpc) is 2.79. The molecular formula is C24H31Cl2N3O5S. The molecule has 2 aromatic carbocycles. The van der Waals surface area contributed by atoms with Gasteiger partial charge in [0.1, 0.15) is 18.3 Å². The topological polar surface area (TPSA) is 96.0 Å². The van der Waals surface area contributed by atoms with Crippen molar-refractivity contribution in [2.45, 2.75) is 39.3 Å². The molecule has 0 spiro atoms. The third-order valence-corrected chi connectivity index (χ3v) is 6.84. The summed E-state index contributed by atoms with van der Waals surface area (Å²) in [7, 11) is -2.32. The standard InChI is InChI=1S/C24H31Cl2N3O5S/c1-5-11-27-24(31)22(6-2)28(15-17-7-9-21(34-3)10-8-17)23(30)16-29(35(4,32)33)20-13-18(25)12-19(26)14-20/h7-10,12-14,22H,5-6,11,15-16H2,1-4H3,(H,27,31)/t22-/m0/s1. The Morgan fingerprint density at radius 3 is 2.14 bits per heavy atom. The molecule has 0 bridgehead atoms. The summed E-state index contributed by atoms with van der Waals surface area (Å²) in [5.41, 5.74) is 0.920. The zero-order valence-electron chi connectivity index (χ0n) is 20.3. The van der Waals surface area contributed by atoms with E-state index in [0.717, 1.165) is 22.5 Å². The lowest BCUT2D eigenvalue weighted by atomic mass is 10.1. The van der Waals surface area contributed by atoms with E-state index in [1.807, 2.05) is 6.92 Å². The molecular weight excluding hydrogens is 513 g/mol. The number of sulfonamides is 1. The first-order chi connectivity index (χ1) is 16.5. The second-order valence-electron chi connectivity index (χ2n) is 7.98. The Hall–Kier alpha value is -2.49. The van der Waals surface area contributed by atoms with Crippen LogP contribution in [0.1, 0.15) is 32.3 Å². The van der Waals surface area contributed by atoms with Crippen LogP contribution in [0, 0.1) is 0 Å². The summed E-state index contributed by atoms with van der Waals surface area (Å²) in [4.78, 5) is 27.9. The van der Waals surface area contributed by atoms with E-state index in [4.69, 9.17) is 27.9 Å². The van der Waals surface area contributed by atoms with Crippen LogP contribution in [-0.2, 0) is 26.2 Å². The van der Waals surface area contributed by atoms with Gasteiger partial charge in [-0.05, 0) is 48.7 Å². The Kier molecular flexibility index (Phi) is 10.7. The van der Waals surface area contributed by atoms with Gasteiger partial charge in [-0.1, -0.05) is 49.2 Å². The lowest BCUT2D eigenvalue weighted by Crippen LogP contribution is -2.52. The van der Waals surface area contributed by atoms with Crippen LogP contribution in [0.3, 0.4) is 0 Å². The molecule has 0 aliphatic rings. The first-order valence-electron chi connectivity index (χ1n) is 11.1. The van der Waals surface area contributed by atoms with Crippen molar-refractivity contribution in [1.29, 1.82) is 0 Å². The molecule has 0 radical (unpaired) electrons. The van der Waals surface area contributed by atoms with Crippen molar-refractivity contribution >= 4 is 50.7 Å². The largest absolute Gasteiger partial charge is 0.497 e. The Balaban J connectivity index is 2.44. The molecule has 0 aromatic heterocycles. The third kappa shape index (κ3) is 8.30. The number of anilines is 1. The molecule has 0 saturated carbocycles. The van der Waals surface area contributed by atoms with E-state index in [1.54, 1.807) is 38.3 Å². The van der Waals surface area contributed by atoms with Gasteiger partial charge in [-0.15, -0.1) is 0 Å². The molecule has 2 aromatic rings. The van der Waals surface area contributed by atoms with Gasteiger partial charge in [0.05, 0.1) is 19.1 Å². The Labute approximate surface area is 217 Å². The van der Waals surface area contributed by atoms with Crippen molar-refractivity contribution in [3.8, 4) is 5.75 Å². The second-order valence-corrected chi connectivity index (χ2v) is 10.8. The molecule has 0 fully saturated rings. The highest BCUT2D eigenvalue weighted by Crippen LogP contribution is 2.27. The number of carbonyl (C=O) groups excluding carboxylic acids is 2. The molecule has 192 valence electrons. The molecule has 35 heavy (non-hydrogen) atoms. The molecule has 8 nitrogen and oxygen atoms in total. The number of benzene rings is 2. The maximum Gasteiger partial charge on any atom is 0.244 e. The summed E-state index contributed by atoms with van der Waals surface area (Å²) in [5.74, 6) is -0.186. The van der Waals surface area contributed by atoms with Gasteiger partial charge in [0.15, 0.2) is 0 Å². The number of hydrogen-bond acceptors (Lipinski definition) is 5. The fourth-order valence-electron chi connectivity index (χ4n) is 3.51. The fraction of sp³-hybridized carbons (Fsp3) is 0.417. The zero-order valence-corrected chi connectivity index (χ0v) is 22.6. The number of nitrogens with zero attached hydrogens (tertiary/aromatic N) is 2. The van der Waals surface area contributed by atoms with Gasteiger partial charge in [-0.25, -0.2) is 8.42 Å². The van der Waals surface area contributed by atoms with Crippen molar-refractivity contribution < 1.29 is 22.7 Å². The number of methoxy groups -OCH3 is 1. The zero-order chi connectivity index (χ0) is 26.2. The summed E-state index contributed by atoms with van der Waals surface area (Å²) in [6.45, 7) is 3.78. The number of halogens is 2. The van der Waals surface area contributed by atoms with Crippen LogP contribution in [0.5, 0.6) is 5.75 Å². The van der Waals surface area contributed by atoms with Gasteiger partial charge in [0.25, 0.3) is 0 Å². The number of carbonyl (C=O) groups is 2. The summed E-state index contributed by atoms with van der Waals surface area (Å²) >= 11 is 12.1. The van der Waals surface area contributed by atoms with Crippen LogP contribution >= 0.6 is 23.2 Å². The summed E-state index contributed by atoms with van der Waals surface area (Å²) in [5, 5.41) is 3.29. The van der Waals surface area contributed by atoms with Gasteiger partial charge in [0.2, 0.25) is 21.8 Å². The molecule has 11 heteroatoms. The molecule has 0 aliphatic carbocycles. The average molecular weight is 545 g/mol. The highest BCUT2D eigenvalue weighted by molar-refractivity contribution is 7.92. The number of rotatable bonds is 12. The predicted molar refractivity (Wildman–Crippen MR) is 140 cm³/mol. The van der Waals surface area contributed by atoms with Crippen LogP contribution in [0.25, 0.3) is 0 Å². The number of nitrogens with one attached hydrogen (secondary N) is 1. The maximum absolute atomic E-state index is 13.6. The third-order valence-electron chi connectivity index (χ3n) is 5.26. The van der Waals surface area contributed by atoms with E-state index < -0.39 is 28.5 Å². The van der Waals surface area contributed by atoms with E-state index >= 15 is 0 Å². The lowest BCUT2D eigenvalue weighted by Gasteiger charge is -2.33. The maximum atomic E-state index is 13.6. The van der Waals surface area contributed by atoms with Crippen molar-refractivity contribution in [3.05, 3.63) is 58.1 Å². The molecule has 0 unspecified atom stereocenters. The highest BCUT2D eigenvalue weighted by atomic mass is 35.5. The molecule has 2 amide bonds. The molecule has 1 N–H and O–H groups in total. The summed E-state index contributed by atoms with van der Waals surface area (Å²) in [6.07, 6.45) is 2.08. The smallest absolute Gasteiger partial charge is 0.244 e. The highest BCUT2D eigenvalue weighted by Gasteiger charge is 2.31. The van der Waals surface area contributed by atoms with Crippen molar-refractivity contribution in [1.82, 2.24) is 10.2 Å². The van der Waals surface area contributed by atoms with E-state index in [9.17, 15) is 18.0 Å². The minimum absolute atomic E-state index is 0.106. The van der Waals surface area contributed by atoms with Crippen molar-refractivity contribution in [2.24, 2.45) is 0 Å². The monoisotopic (exact) mass is 543 g/mol. The summed E-state index contributed by atoms with van der Waals surface area (Å²) < 4.78 is 31.4. The number of amides is 2. The quantitative estimate of drug-likeness (QED) is 0.434. The van der Waals surface area contributed by atoms with E-state index in [1.165, 1.54) is 23.1 Å². The predicted octanol–water partition coefficient (Wildman–Crippen LogP) is 4.10. The minimum Gasteiger partial charge on any atom is -0.497 e. The van der Waals surface area contributed by atoms with Crippen LogP contribution in [0.4, 0.5) is 5.69 Å². The van der Waals surface area contributed by atoms with E-state index in [-0.39, 0.29) is 28.2 Å². The second kappa shape index (κ2) is 13.0. The Morgan fingerprint density at radius 2 is 1.66 bits per heavy atom. The van der Waals surface area contributed by atoms with E-state index in [0.29, 0.717) is 18.7 Å². The van der Waals surface area contributed by atoms with E-state index in [2.05, 4.69) is 5.32 Å². The van der Waals surface area contributed by atoms with Crippen LogP contribution < -0.4 is 14.4 Å². The molecule has 0 saturated heterocycles. The molecule has 0 aliphatic heterocycles. The van der Waals surface area contributed by atoms with Crippen LogP contribution in [-0.4, -0.2) is 57.6 Å². The Morgan fingerprint density at radius 1 is 1.06 bits per heavy atom. The first kappa shape index (κ1) is 28.7. The Bertz CT molecular complexity index is 1110. The van der Waals surface area contributed by atoms with Gasteiger partial charge in [0, 0.05) is 23.1 Å². The van der Waals surface area contributed by atoms with Gasteiger partial charge in [-0.2, -0.15) is 0 Å². The van der Waals surface area contributed by atoms with Crippen LogP contribution in [0.2, 0.25) is 10.0 Å². The SMILES string of the molecule is CCCNC(=O)[C@H](CC)N(Cc1ccc(OC)cc1)C(=O)CN(c1cc(Cl)cc(Cl)c1)S(C)(=O)=O. The van der Waals surface area contributed by atoms with Gasteiger partial charge >= 0.3 is 0 Å². The lowest BCUT2D eigenvalue weighted by molar-refractivity contribution is -0.140. The van der Waals surface area contributed by atoms with Crippen molar-refractivity contribution in [3.63, 3.8) is 0 Å². The molecule has 2 rings (SSSR count). The fourth-order valence-corrected chi connectivity index (χ4v) is 4.86. The molecule has 0 heterocycles. The van der Waals surface area contributed by atoms with Gasteiger partial charge in [-0.3, -0.25) is 13.9 Å². The van der Waals surface area contributed by atoms with Crippen LogP contribution in [0.15, 0.2) is 42.5 Å². The number of hydrogen-bond donors (Lipinski definition) is 1. The summed E-state index contributed by atoms with van der Waals surface area (Å²) in [6, 6.07) is 10.6. The van der Waals surface area contributed by atoms with Crippen molar-refractivity contribution in [2.75, 3.05) is 30.8 Å². The molecule has 1 atom stereocenters. The first-order valence-corrected chi connectivity index (χ1v) is 13.7. The van der Waals surface area contributed by atoms with Gasteiger partial charge < -0.3 is 15.0 Å². The normalized spacial score (nSPS) is 12.1. The minimum atomic E-state index is -3.88.